The van der Waals surface area contributed by atoms with E-state index in [2.05, 4.69) is 20.9 Å². The number of aryl methyl sites for hydroxylation is 1. The zero-order chi connectivity index (χ0) is 20.4. The number of carbonyl (C=O) groups is 1. The van der Waals surface area contributed by atoms with Crippen molar-refractivity contribution < 1.29 is 13.6 Å². The summed E-state index contributed by atoms with van der Waals surface area (Å²) in [5, 5.41) is 14.2. The van der Waals surface area contributed by atoms with E-state index in [1.165, 1.54) is 6.07 Å². The second kappa shape index (κ2) is 8.08. The summed E-state index contributed by atoms with van der Waals surface area (Å²) >= 11 is 0. The van der Waals surface area contributed by atoms with Gasteiger partial charge in [-0.05, 0) is 49.7 Å². The molecule has 6 nitrogen and oxygen atoms in total. The van der Waals surface area contributed by atoms with Crippen LogP contribution in [-0.4, -0.2) is 40.0 Å². The van der Waals surface area contributed by atoms with E-state index in [4.69, 9.17) is 0 Å². The number of hydrogen-bond donors (Lipinski definition) is 2. The molecule has 8 heteroatoms. The summed E-state index contributed by atoms with van der Waals surface area (Å²) in [6, 6.07) is 11.3. The molecule has 0 saturated carbocycles. The van der Waals surface area contributed by atoms with E-state index >= 15 is 0 Å². The lowest BCUT2D eigenvalue weighted by atomic mass is 9.86. The van der Waals surface area contributed by atoms with Crippen molar-refractivity contribution in [3.05, 3.63) is 77.1 Å². The minimum atomic E-state index is -0.882. The molecule has 1 aliphatic heterocycles. The molecule has 1 amide bonds. The molecule has 2 atom stereocenters. The maximum absolute atomic E-state index is 13.7. The molecular weight excluding hydrogens is 376 g/mol. The number of amides is 1. The number of piperidine rings is 1. The van der Waals surface area contributed by atoms with Crippen molar-refractivity contribution >= 4 is 5.91 Å². The number of halogens is 2. The Balaban J connectivity index is 1.50. The van der Waals surface area contributed by atoms with Crippen molar-refractivity contribution in [3.63, 3.8) is 0 Å². The largest absolute Gasteiger partial charge is 0.346 e. The summed E-state index contributed by atoms with van der Waals surface area (Å²) < 4.78 is 28.5. The minimum Gasteiger partial charge on any atom is -0.346 e. The molecule has 0 spiro atoms. The van der Waals surface area contributed by atoms with Gasteiger partial charge in [0.1, 0.15) is 0 Å². The molecule has 1 aromatic heterocycles. The van der Waals surface area contributed by atoms with Crippen molar-refractivity contribution in [2.24, 2.45) is 0 Å². The van der Waals surface area contributed by atoms with Crippen molar-refractivity contribution in [2.75, 3.05) is 13.1 Å². The van der Waals surface area contributed by atoms with Gasteiger partial charge >= 0.3 is 0 Å². The molecule has 2 aromatic carbocycles. The fourth-order valence-corrected chi connectivity index (χ4v) is 3.59. The summed E-state index contributed by atoms with van der Waals surface area (Å²) in [5.41, 5.74) is 2.79. The van der Waals surface area contributed by atoms with Crippen LogP contribution >= 0.6 is 0 Å². The summed E-state index contributed by atoms with van der Waals surface area (Å²) in [6.45, 7) is 3.26. The zero-order valence-electron chi connectivity index (χ0n) is 15.9. The molecule has 2 unspecified atom stereocenters. The van der Waals surface area contributed by atoms with Gasteiger partial charge in [-0.1, -0.05) is 29.0 Å². The first-order chi connectivity index (χ1) is 14.0. The number of hydrogen-bond acceptors (Lipinski definition) is 4. The normalized spacial score (nSPS) is 19.1. The highest BCUT2D eigenvalue weighted by Gasteiger charge is 2.29. The summed E-state index contributed by atoms with van der Waals surface area (Å²) in [6.07, 6.45) is 2.27. The van der Waals surface area contributed by atoms with Crippen LogP contribution in [0, 0.1) is 18.6 Å². The second-order valence-corrected chi connectivity index (χ2v) is 7.24. The number of carbonyl (C=O) groups excluding carboxylic acids is 1. The van der Waals surface area contributed by atoms with Crippen molar-refractivity contribution in [3.8, 4) is 5.69 Å². The fraction of sp³-hybridized carbons (Fsp3) is 0.286. The van der Waals surface area contributed by atoms with Crippen LogP contribution in [0.2, 0.25) is 0 Å². The molecule has 29 heavy (non-hydrogen) atoms. The van der Waals surface area contributed by atoms with Crippen LogP contribution in [0.4, 0.5) is 8.78 Å². The van der Waals surface area contributed by atoms with Crippen LogP contribution in [0.1, 0.15) is 34.0 Å². The van der Waals surface area contributed by atoms with Crippen molar-refractivity contribution in [1.29, 1.82) is 0 Å². The second-order valence-electron chi connectivity index (χ2n) is 7.24. The zero-order valence-corrected chi connectivity index (χ0v) is 15.9. The Morgan fingerprint density at radius 2 is 1.97 bits per heavy atom. The standard InChI is InChI=1S/C21H21F2N5O/c1-13-2-5-15(6-3-13)28-12-20(26-27-28)21(29)25-19-11-24-9-8-16(19)14-4-7-17(22)18(23)10-14/h2-7,10,12,16,19,24H,8-9,11H2,1H3,(H,25,29). The van der Waals surface area contributed by atoms with Gasteiger partial charge in [0.25, 0.3) is 5.91 Å². The molecule has 4 rings (SSSR count). The van der Waals surface area contributed by atoms with E-state index in [0.717, 1.165) is 23.9 Å². The lowest BCUT2D eigenvalue weighted by Crippen LogP contribution is -2.50. The van der Waals surface area contributed by atoms with E-state index in [-0.39, 0.29) is 23.6 Å². The third kappa shape index (κ3) is 4.17. The number of benzene rings is 2. The lowest BCUT2D eigenvalue weighted by molar-refractivity contribution is 0.0919. The SMILES string of the molecule is Cc1ccc(-n2cc(C(=O)NC3CNCCC3c3ccc(F)c(F)c3)nn2)cc1. The van der Waals surface area contributed by atoms with Gasteiger partial charge in [0.15, 0.2) is 17.3 Å². The van der Waals surface area contributed by atoms with Gasteiger partial charge < -0.3 is 10.6 Å². The molecule has 2 heterocycles. The van der Waals surface area contributed by atoms with Gasteiger partial charge in [0, 0.05) is 18.5 Å². The number of nitrogens with one attached hydrogen (secondary N) is 2. The molecular formula is C21H21F2N5O. The van der Waals surface area contributed by atoms with Gasteiger partial charge in [-0.3, -0.25) is 4.79 Å². The minimum absolute atomic E-state index is 0.123. The molecule has 3 aromatic rings. The van der Waals surface area contributed by atoms with Gasteiger partial charge in [0.05, 0.1) is 11.9 Å². The lowest BCUT2D eigenvalue weighted by Gasteiger charge is -2.33. The smallest absolute Gasteiger partial charge is 0.273 e. The Hall–Kier alpha value is -3.13. The average Bonchev–Trinajstić information content (AvgIpc) is 3.21. The molecule has 0 aliphatic carbocycles. The Kier molecular flexibility index (Phi) is 5.35. The fourth-order valence-electron chi connectivity index (χ4n) is 3.59. The maximum atomic E-state index is 13.7. The third-order valence-electron chi connectivity index (χ3n) is 5.19. The Morgan fingerprint density at radius 3 is 2.72 bits per heavy atom. The maximum Gasteiger partial charge on any atom is 0.273 e. The average molecular weight is 397 g/mol. The van der Waals surface area contributed by atoms with Gasteiger partial charge in [0.2, 0.25) is 0 Å². The quantitative estimate of drug-likeness (QED) is 0.710. The first-order valence-electron chi connectivity index (χ1n) is 9.47. The van der Waals surface area contributed by atoms with Crippen LogP contribution in [-0.2, 0) is 0 Å². The highest BCUT2D eigenvalue weighted by molar-refractivity contribution is 5.92. The summed E-state index contributed by atoms with van der Waals surface area (Å²) in [7, 11) is 0. The predicted molar refractivity (Wildman–Crippen MR) is 104 cm³/mol. The van der Waals surface area contributed by atoms with Crippen LogP contribution < -0.4 is 10.6 Å². The molecule has 2 N–H and O–H groups in total. The molecule has 0 radical (unpaired) electrons. The van der Waals surface area contributed by atoms with Crippen LogP contribution in [0.5, 0.6) is 0 Å². The molecule has 150 valence electrons. The van der Waals surface area contributed by atoms with Crippen molar-refractivity contribution in [1.82, 2.24) is 25.6 Å². The summed E-state index contributed by atoms with van der Waals surface area (Å²) in [4.78, 5) is 12.7. The van der Waals surface area contributed by atoms with Crippen molar-refractivity contribution in [2.45, 2.75) is 25.3 Å². The number of nitrogens with zero attached hydrogens (tertiary/aromatic N) is 3. The summed E-state index contributed by atoms with van der Waals surface area (Å²) in [5.74, 6) is -2.24. The van der Waals surface area contributed by atoms with Gasteiger partial charge in [-0.15, -0.1) is 5.10 Å². The van der Waals surface area contributed by atoms with E-state index in [1.54, 1.807) is 16.9 Å². The van der Waals surface area contributed by atoms with Crippen LogP contribution in [0.3, 0.4) is 0 Å². The predicted octanol–water partition coefficient (Wildman–Crippen LogP) is 2.73. The highest BCUT2D eigenvalue weighted by Crippen LogP contribution is 2.27. The van der Waals surface area contributed by atoms with E-state index in [9.17, 15) is 13.6 Å². The molecule has 1 saturated heterocycles. The number of aromatic nitrogens is 3. The van der Waals surface area contributed by atoms with E-state index in [0.29, 0.717) is 18.5 Å². The van der Waals surface area contributed by atoms with E-state index in [1.807, 2.05) is 31.2 Å². The Bertz CT molecular complexity index is 1020. The Labute approximate surface area is 166 Å². The first-order valence-corrected chi connectivity index (χ1v) is 9.47. The molecule has 1 aliphatic rings. The topological polar surface area (TPSA) is 71.8 Å². The molecule has 0 bridgehead atoms. The first kappa shape index (κ1) is 19.2. The Morgan fingerprint density at radius 1 is 1.17 bits per heavy atom. The van der Waals surface area contributed by atoms with E-state index < -0.39 is 11.6 Å². The highest BCUT2D eigenvalue weighted by atomic mass is 19.2. The van der Waals surface area contributed by atoms with Crippen LogP contribution in [0.15, 0.2) is 48.7 Å². The molecule has 1 fully saturated rings. The monoisotopic (exact) mass is 397 g/mol. The van der Waals surface area contributed by atoms with Gasteiger partial charge in [-0.25, -0.2) is 13.5 Å². The van der Waals surface area contributed by atoms with Crippen LogP contribution in [0.25, 0.3) is 5.69 Å². The van der Waals surface area contributed by atoms with Gasteiger partial charge in [-0.2, -0.15) is 0 Å². The number of rotatable bonds is 4. The third-order valence-corrected chi connectivity index (χ3v) is 5.19.